The third-order valence-electron chi connectivity index (χ3n) is 3.23. The number of aliphatic hydroxyl groups is 1. The number of nitrogens with one attached hydrogen (secondary N) is 3. The molecule has 8 heteroatoms. The molecule has 8 nitrogen and oxygen atoms in total. The molecule has 23 heavy (non-hydrogen) atoms. The van der Waals surface area contributed by atoms with Crippen LogP contribution in [0.2, 0.25) is 0 Å². The Hall–Kier alpha value is -3.00. The average molecular weight is 312 g/mol. The highest BCUT2D eigenvalue weighted by Crippen LogP contribution is 2.23. The van der Waals surface area contributed by atoms with Gasteiger partial charge < -0.3 is 20.7 Å². The number of aromatic nitrogens is 4. The van der Waals surface area contributed by atoms with Crippen molar-refractivity contribution in [1.82, 2.24) is 19.9 Å². The summed E-state index contributed by atoms with van der Waals surface area (Å²) < 4.78 is 0. The fourth-order valence-electron chi connectivity index (χ4n) is 2.16. The topological polar surface area (TPSA) is 116 Å². The predicted molar refractivity (Wildman–Crippen MR) is 87.8 cm³/mol. The zero-order valence-electron chi connectivity index (χ0n) is 12.4. The highest BCUT2D eigenvalue weighted by molar-refractivity contribution is 5.93. The summed E-state index contributed by atoms with van der Waals surface area (Å²) in [5.41, 5.74) is -0.242. The average Bonchev–Trinajstić information content (AvgIpc) is 2.55. The molecule has 0 radical (unpaired) electrons. The Labute approximate surface area is 131 Å². The molecular formula is C15H16N6O2. The summed E-state index contributed by atoms with van der Waals surface area (Å²) in [4.78, 5) is 27.3. The van der Waals surface area contributed by atoms with Gasteiger partial charge in [-0.15, -0.1) is 0 Å². The third-order valence-corrected chi connectivity index (χ3v) is 3.23. The summed E-state index contributed by atoms with van der Waals surface area (Å²) in [6, 6.07) is 3.31. The van der Waals surface area contributed by atoms with Gasteiger partial charge in [0, 0.05) is 24.6 Å². The summed E-state index contributed by atoms with van der Waals surface area (Å²) >= 11 is 0. The Bertz CT molecular complexity index is 865. The van der Waals surface area contributed by atoms with Gasteiger partial charge in [0.2, 0.25) is 0 Å². The van der Waals surface area contributed by atoms with Crippen molar-refractivity contribution in [3.63, 3.8) is 0 Å². The van der Waals surface area contributed by atoms with Crippen molar-refractivity contribution in [2.45, 2.75) is 13.0 Å². The second-order valence-corrected chi connectivity index (χ2v) is 5.07. The predicted octanol–water partition coefficient (Wildman–Crippen LogP) is 1.25. The Morgan fingerprint density at radius 3 is 2.96 bits per heavy atom. The minimum atomic E-state index is -0.242. The van der Waals surface area contributed by atoms with E-state index in [9.17, 15) is 9.90 Å². The molecule has 1 atom stereocenters. The monoisotopic (exact) mass is 312 g/mol. The van der Waals surface area contributed by atoms with Crippen LogP contribution in [0.4, 0.5) is 17.5 Å². The SMILES string of the molecule is CC(CO)Nc1nc(Nc2cnccn2)cc2cc[nH]c(=O)c12. The van der Waals surface area contributed by atoms with Crippen molar-refractivity contribution in [3.8, 4) is 0 Å². The molecular weight excluding hydrogens is 296 g/mol. The molecule has 0 aliphatic carbocycles. The molecule has 3 heterocycles. The van der Waals surface area contributed by atoms with Crippen LogP contribution in [0.15, 0.2) is 41.7 Å². The van der Waals surface area contributed by atoms with Crippen molar-refractivity contribution in [2.24, 2.45) is 0 Å². The normalized spacial score (nSPS) is 12.1. The summed E-state index contributed by atoms with van der Waals surface area (Å²) in [6.45, 7) is 1.73. The van der Waals surface area contributed by atoms with Crippen molar-refractivity contribution in [1.29, 1.82) is 0 Å². The van der Waals surface area contributed by atoms with E-state index in [4.69, 9.17) is 0 Å². The molecule has 0 spiro atoms. The fraction of sp³-hybridized carbons (Fsp3) is 0.200. The molecule has 1 unspecified atom stereocenters. The van der Waals surface area contributed by atoms with E-state index in [1.165, 1.54) is 0 Å². The smallest absolute Gasteiger partial charge is 0.259 e. The Morgan fingerprint density at radius 2 is 2.22 bits per heavy atom. The molecule has 0 aliphatic heterocycles. The first-order valence-corrected chi connectivity index (χ1v) is 7.10. The van der Waals surface area contributed by atoms with Crippen LogP contribution in [-0.2, 0) is 0 Å². The number of aliphatic hydroxyl groups excluding tert-OH is 1. The van der Waals surface area contributed by atoms with E-state index in [0.717, 1.165) is 5.39 Å². The van der Waals surface area contributed by atoms with Crippen LogP contribution in [0.25, 0.3) is 10.8 Å². The lowest BCUT2D eigenvalue weighted by Crippen LogP contribution is -2.22. The van der Waals surface area contributed by atoms with Crippen LogP contribution in [0, 0.1) is 0 Å². The molecule has 4 N–H and O–H groups in total. The van der Waals surface area contributed by atoms with Crippen LogP contribution >= 0.6 is 0 Å². The summed E-state index contributed by atoms with van der Waals surface area (Å²) in [6.07, 6.45) is 6.30. The highest BCUT2D eigenvalue weighted by Gasteiger charge is 2.12. The number of hydrogen-bond acceptors (Lipinski definition) is 7. The van der Waals surface area contributed by atoms with Crippen molar-refractivity contribution in [3.05, 3.63) is 47.3 Å². The van der Waals surface area contributed by atoms with Gasteiger partial charge in [-0.25, -0.2) is 9.97 Å². The van der Waals surface area contributed by atoms with Crippen LogP contribution < -0.4 is 16.2 Å². The van der Waals surface area contributed by atoms with Crippen LogP contribution in [0.5, 0.6) is 0 Å². The van der Waals surface area contributed by atoms with E-state index in [1.807, 2.05) is 0 Å². The molecule has 0 aliphatic rings. The van der Waals surface area contributed by atoms with Crippen LogP contribution in [0.3, 0.4) is 0 Å². The zero-order chi connectivity index (χ0) is 16.2. The van der Waals surface area contributed by atoms with Crippen LogP contribution in [-0.4, -0.2) is 37.7 Å². The molecule has 3 aromatic rings. The number of fused-ring (bicyclic) bond motifs is 1. The lowest BCUT2D eigenvalue weighted by Gasteiger charge is -2.15. The molecule has 0 amide bonds. The van der Waals surface area contributed by atoms with E-state index >= 15 is 0 Å². The van der Waals surface area contributed by atoms with Crippen molar-refractivity contribution >= 4 is 28.2 Å². The maximum atomic E-state index is 12.1. The van der Waals surface area contributed by atoms with Gasteiger partial charge in [-0.05, 0) is 24.4 Å². The number of pyridine rings is 2. The molecule has 118 valence electrons. The minimum absolute atomic E-state index is 0.0737. The number of rotatable bonds is 5. The first-order valence-electron chi connectivity index (χ1n) is 7.10. The molecule has 3 rings (SSSR count). The molecule has 0 aromatic carbocycles. The standard InChI is InChI=1S/C15H16N6O2/c1-9(8-22)19-14-13-10(2-3-18-15(13)23)6-11(21-14)20-12-7-16-4-5-17-12/h2-7,9,22H,8H2,1H3,(H,18,23)(H2,17,19,20,21). The number of aromatic amines is 1. The fourth-order valence-corrected chi connectivity index (χ4v) is 2.16. The minimum Gasteiger partial charge on any atom is -0.394 e. The van der Waals surface area contributed by atoms with Gasteiger partial charge in [-0.3, -0.25) is 9.78 Å². The van der Waals surface area contributed by atoms with E-state index < -0.39 is 0 Å². The lowest BCUT2D eigenvalue weighted by atomic mass is 10.2. The highest BCUT2D eigenvalue weighted by atomic mass is 16.3. The summed E-state index contributed by atoms with van der Waals surface area (Å²) in [5.74, 6) is 1.47. The molecule has 3 aromatic heterocycles. The maximum Gasteiger partial charge on any atom is 0.259 e. The van der Waals surface area contributed by atoms with Gasteiger partial charge in [0.15, 0.2) is 0 Å². The van der Waals surface area contributed by atoms with Gasteiger partial charge in [-0.1, -0.05) is 0 Å². The lowest BCUT2D eigenvalue weighted by molar-refractivity contribution is 0.281. The van der Waals surface area contributed by atoms with E-state index in [1.54, 1.807) is 43.8 Å². The number of nitrogens with zero attached hydrogens (tertiary/aromatic N) is 3. The van der Waals surface area contributed by atoms with Crippen molar-refractivity contribution in [2.75, 3.05) is 17.2 Å². The van der Waals surface area contributed by atoms with Gasteiger partial charge in [0.1, 0.15) is 17.5 Å². The van der Waals surface area contributed by atoms with Gasteiger partial charge in [0.05, 0.1) is 18.2 Å². The molecule has 0 saturated heterocycles. The van der Waals surface area contributed by atoms with E-state index in [0.29, 0.717) is 22.8 Å². The largest absolute Gasteiger partial charge is 0.394 e. The van der Waals surface area contributed by atoms with E-state index in [2.05, 4.69) is 30.6 Å². The second kappa shape index (κ2) is 6.41. The Balaban J connectivity index is 2.08. The first-order chi connectivity index (χ1) is 11.2. The van der Waals surface area contributed by atoms with Crippen molar-refractivity contribution < 1.29 is 5.11 Å². The molecule has 0 bridgehead atoms. The third kappa shape index (κ3) is 3.27. The first kappa shape index (κ1) is 14.9. The number of hydrogen-bond donors (Lipinski definition) is 4. The number of anilines is 3. The quantitative estimate of drug-likeness (QED) is 0.560. The van der Waals surface area contributed by atoms with Gasteiger partial charge in [0.25, 0.3) is 5.56 Å². The summed E-state index contributed by atoms with van der Waals surface area (Å²) in [7, 11) is 0. The zero-order valence-corrected chi connectivity index (χ0v) is 12.4. The van der Waals surface area contributed by atoms with E-state index in [-0.39, 0.29) is 18.2 Å². The Kier molecular flexibility index (Phi) is 4.15. The van der Waals surface area contributed by atoms with Crippen LogP contribution in [0.1, 0.15) is 6.92 Å². The van der Waals surface area contributed by atoms with Gasteiger partial charge >= 0.3 is 0 Å². The summed E-state index contributed by atoms with van der Waals surface area (Å²) in [5, 5.41) is 16.5. The number of H-pyrrole nitrogens is 1. The van der Waals surface area contributed by atoms with Gasteiger partial charge in [-0.2, -0.15) is 0 Å². The molecule has 0 fully saturated rings. The Morgan fingerprint density at radius 1 is 1.35 bits per heavy atom. The molecule has 0 saturated carbocycles. The second-order valence-electron chi connectivity index (χ2n) is 5.07. The maximum absolute atomic E-state index is 12.1.